The summed E-state index contributed by atoms with van der Waals surface area (Å²) in [4.78, 5) is 13.4. The summed E-state index contributed by atoms with van der Waals surface area (Å²) in [5.74, 6) is 0.907. The fourth-order valence-electron chi connectivity index (χ4n) is 2.98. The average molecular weight is 443 g/mol. The number of rotatable bonds is 7. The molecule has 0 saturated carbocycles. The number of nitrogens with zero attached hydrogens (tertiary/aromatic N) is 5. The van der Waals surface area contributed by atoms with Crippen LogP contribution in [-0.2, 0) is 11.3 Å². The topological polar surface area (TPSA) is 85.6 Å². The van der Waals surface area contributed by atoms with Gasteiger partial charge in [0.05, 0.1) is 5.75 Å². The number of thiophene rings is 1. The van der Waals surface area contributed by atoms with Gasteiger partial charge in [-0.3, -0.25) is 10.1 Å². The normalized spacial score (nSPS) is 11.0. The Morgan fingerprint density at radius 1 is 1.17 bits per heavy atom. The van der Waals surface area contributed by atoms with Gasteiger partial charge in [-0.25, -0.2) is 0 Å². The highest BCUT2D eigenvalue weighted by Crippen LogP contribution is 2.39. The first-order chi connectivity index (χ1) is 14.2. The molecule has 0 aliphatic heterocycles. The van der Waals surface area contributed by atoms with Crippen LogP contribution in [0.1, 0.15) is 11.8 Å². The first kappa shape index (κ1) is 19.7. The highest BCUT2D eigenvalue weighted by molar-refractivity contribution is 7.99. The van der Waals surface area contributed by atoms with Crippen molar-refractivity contribution in [3.63, 3.8) is 0 Å². The summed E-state index contributed by atoms with van der Waals surface area (Å²) in [6, 6.07) is 10.3. The molecule has 4 aromatic rings. The summed E-state index contributed by atoms with van der Waals surface area (Å²) in [6.07, 6.45) is 0. The summed E-state index contributed by atoms with van der Waals surface area (Å²) < 4.78 is 2.05. The second-order valence-electron chi connectivity index (χ2n) is 6.08. The Hall–Kier alpha value is -2.56. The monoisotopic (exact) mass is 442 g/mol. The van der Waals surface area contributed by atoms with Crippen molar-refractivity contribution in [1.82, 2.24) is 25.0 Å². The van der Waals surface area contributed by atoms with Gasteiger partial charge in [0.1, 0.15) is 5.51 Å². The number of thioether (sulfide) groups is 1. The van der Waals surface area contributed by atoms with Crippen LogP contribution in [0.4, 0.5) is 5.13 Å². The Bertz CT molecular complexity index is 1100. The number of aryl methyl sites for hydroxylation is 1. The largest absolute Gasteiger partial charge is 0.302 e. The number of carbonyl (C=O) groups is 1. The third-order valence-electron chi connectivity index (χ3n) is 4.25. The molecule has 3 aromatic heterocycles. The van der Waals surface area contributed by atoms with Crippen molar-refractivity contribution >= 4 is 45.5 Å². The van der Waals surface area contributed by atoms with Crippen molar-refractivity contribution < 1.29 is 4.79 Å². The summed E-state index contributed by atoms with van der Waals surface area (Å²) >= 11 is 4.36. The molecule has 29 heavy (non-hydrogen) atoms. The lowest BCUT2D eigenvalue weighted by Gasteiger charge is -2.09. The molecular formula is C19H18N6OS3. The van der Waals surface area contributed by atoms with E-state index in [-0.39, 0.29) is 11.7 Å². The standard InChI is InChI=1S/C19H18N6OS3/c1-3-25-17(14-9-27-12(2)16(14)13-7-5-4-6-8-13)22-24-19(25)28-10-15(26)21-18-23-20-11-29-18/h4-9,11H,3,10H2,1-2H3,(H,21,23,26). The number of hydrogen-bond donors (Lipinski definition) is 1. The van der Waals surface area contributed by atoms with E-state index >= 15 is 0 Å². The fourth-order valence-corrected chi connectivity index (χ4v) is 5.10. The predicted molar refractivity (Wildman–Crippen MR) is 118 cm³/mol. The number of carbonyl (C=O) groups excluding carboxylic acids is 1. The molecule has 0 unspecified atom stereocenters. The van der Waals surface area contributed by atoms with Gasteiger partial charge >= 0.3 is 0 Å². The number of nitrogens with one attached hydrogen (secondary N) is 1. The minimum Gasteiger partial charge on any atom is -0.302 e. The molecule has 0 aliphatic rings. The molecule has 1 aromatic carbocycles. The Morgan fingerprint density at radius 3 is 2.72 bits per heavy atom. The number of hydrogen-bond acceptors (Lipinski definition) is 8. The van der Waals surface area contributed by atoms with E-state index in [1.165, 1.54) is 33.5 Å². The maximum atomic E-state index is 12.2. The van der Waals surface area contributed by atoms with Gasteiger partial charge in [-0.2, -0.15) is 0 Å². The van der Waals surface area contributed by atoms with E-state index in [0.29, 0.717) is 11.7 Å². The molecule has 0 fully saturated rings. The molecule has 4 rings (SSSR count). The Morgan fingerprint density at radius 2 is 2.00 bits per heavy atom. The van der Waals surface area contributed by atoms with Gasteiger partial charge in [0.25, 0.3) is 0 Å². The van der Waals surface area contributed by atoms with Crippen molar-refractivity contribution in [3.8, 4) is 22.5 Å². The van der Waals surface area contributed by atoms with Crippen molar-refractivity contribution in [2.75, 3.05) is 11.1 Å². The van der Waals surface area contributed by atoms with Crippen molar-refractivity contribution in [1.29, 1.82) is 0 Å². The molecule has 0 aliphatic carbocycles. The van der Waals surface area contributed by atoms with Crippen LogP contribution in [-0.4, -0.2) is 36.6 Å². The van der Waals surface area contributed by atoms with E-state index in [1.807, 2.05) is 18.2 Å². The minimum absolute atomic E-state index is 0.143. The van der Waals surface area contributed by atoms with Gasteiger partial charge in [0.15, 0.2) is 11.0 Å². The molecule has 3 heterocycles. The van der Waals surface area contributed by atoms with Crippen molar-refractivity contribution in [2.45, 2.75) is 25.5 Å². The molecule has 1 N–H and O–H groups in total. The lowest BCUT2D eigenvalue weighted by Crippen LogP contribution is -2.14. The first-order valence-corrected chi connectivity index (χ1v) is 11.7. The van der Waals surface area contributed by atoms with Crippen LogP contribution in [0.2, 0.25) is 0 Å². The summed E-state index contributed by atoms with van der Waals surface area (Å²) in [7, 11) is 0. The van der Waals surface area contributed by atoms with Gasteiger partial charge in [-0.1, -0.05) is 53.4 Å². The zero-order valence-electron chi connectivity index (χ0n) is 15.8. The van der Waals surface area contributed by atoms with Crippen LogP contribution in [0.5, 0.6) is 0 Å². The maximum absolute atomic E-state index is 12.2. The van der Waals surface area contributed by atoms with Crippen molar-refractivity contribution in [3.05, 3.63) is 46.1 Å². The summed E-state index contributed by atoms with van der Waals surface area (Å²) in [5, 5.41) is 22.4. The molecule has 0 radical (unpaired) electrons. The van der Waals surface area contributed by atoms with E-state index in [2.05, 4.69) is 61.6 Å². The molecule has 7 nitrogen and oxygen atoms in total. The number of amides is 1. The molecular weight excluding hydrogens is 424 g/mol. The Balaban J connectivity index is 1.58. The lowest BCUT2D eigenvalue weighted by atomic mass is 10.0. The zero-order chi connectivity index (χ0) is 20.2. The zero-order valence-corrected chi connectivity index (χ0v) is 18.3. The van der Waals surface area contributed by atoms with Crippen LogP contribution in [0.15, 0.2) is 46.4 Å². The smallest absolute Gasteiger partial charge is 0.236 e. The SMILES string of the molecule is CCn1c(SCC(=O)Nc2nncs2)nnc1-c1csc(C)c1-c1ccccc1. The van der Waals surface area contributed by atoms with E-state index in [1.54, 1.807) is 16.8 Å². The van der Waals surface area contributed by atoms with E-state index in [0.717, 1.165) is 22.1 Å². The highest BCUT2D eigenvalue weighted by Gasteiger charge is 2.20. The van der Waals surface area contributed by atoms with Gasteiger partial charge < -0.3 is 4.57 Å². The molecule has 148 valence electrons. The Kier molecular flexibility index (Phi) is 6.02. The number of benzene rings is 1. The second-order valence-corrected chi connectivity index (χ2v) is 8.94. The maximum Gasteiger partial charge on any atom is 0.236 e. The number of anilines is 1. The van der Waals surface area contributed by atoms with E-state index < -0.39 is 0 Å². The molecule has 1 amide bonds. The molecule has 10 heteroatoms. The quantitative estimate of drug-likeness (QED) is 0.422. The predicted octanol–water partition coefficient (Wildman–Crippen LogP) is 4.58. The van der Waals surface area contributed by atoms with E-state index in [4.69, 9.17) is 0 Å². The molecule has 0 spiro atoms. The highest BCUT2D eigenvalue weighted by atomic mass is 32.2. The van der Waals surface area contributed by atoms with E-state index in [9.17, 15) is 4.79 Å². The van der Waals surface area contributed by atoms with Crippen LogP contribution in [0.3, 0.4) is 0 Å². The van der Waals surface area contributed by atoms with Gasteiger partial charge in [0, 0.05) is 27.9 Å². The fraction of sp³-hybridized carbons (Fsp3) is 0.211. The minimum atomic E-state index is -0.143. The summed E-state index contributed by atoms with van der Waals surface area (Å²) in [6.45, 7) is 4.89. The third-order valence-corrected chi connectivity index (χ3v) is 6.73. The van der Waals surface area contributed by atoms with Crippen molar-refractivity contribution in [2.24, 2.45) is 0 Å². The summed E-state index contributed by atoms with van der Waals surface area (Å²) in [5.41, 5.74) is 5.00. The first-order valence-electron chi connectivity index (χ1n) is 8.93. The van der Waals surface area contributed by atoms with Crippen LogP contribution in [0, 0.1) is 6.92 Å². The van der Waals surface area contributed by atoms with Gasteiger partial charge in [-0.05, 0) is 19.4 Å². The van der Waals surface area contributed by atoms with Crippen LogP contribution in [0.25, 0.3) is 22.5 Å². The number of aromatic nitrogens is 5. The van der Waals surface area contributed by atoms with Gasteiger partial charge in [0.2, 0.25) is 11.0 Å². The van der Waals surface area contributed by atoms with Crippen LogP contribution >= 0.6 is 34.4 Å². The van der Waals surface area contributed by atoms with Gasteiger partial charge in [-0.15, -0.1) is 31.7 Å². The molecule has 0 bridgehead atoms. The molecule has 0 atom stereocenters. The Labute approximate surface area is 180 Å². The third kappa shape index (κ3) is 4.24. The molecule has 0 saturated heterocycles. The lowest BCUT2D eigenvalue weighted by molar-refractivity contribution is -0.113. The van der Waals surface area contributed by atoms with Crippen LogP contribution < -0.4 is 5.32 Å². The average Bonchev–Trinajstić information content (AvgIpc) is 3.46. The second kappa shape index (κ2) is 8.85.